The van der Waals surface area contributed by atoms with Crippen molar-refractivity contribution in [3.8, 4) is 67.9 Å². The molecular formula is C110H103N9O15S3. The molecule has 27 heteroatoms. The number of benzene rings is 12. The third kappa shape index (κ3) is 30.3. The van der Waals surface area contributed by atoms with Crippen LogP contribution in [0, 0.1) is 0 Å². The zero-order valence-electron chi connectivity index (χ0n) is 76.1. The second kappa shape index (κ2) is 52.0. The third-order valence-corrected chi connectivity index (χ3v) is 23.6. The molecule has 3 N–H and O–H groups in total. The molecule has 24 nitrogen and oxygen atoms in total. The minimum atomic E-state index is -0.499. The van der Waals surface area contributed by atoms with Gasteiger partial charge in [-0.2, -0.15) is 15.3 Å². The molecular weight excluding hydrogens is 1780 g/mol. The van der Waals surface area contributed by atoms with Crippen LogP contribution in [0.3, 0.4) is 0 Å². The van der Waals surface area contributed by atoms with Crippen molar-refractivity contribution in [2.24, 2.45) is 15.3 Å². The Balaban J connectivity index is 0.000000174. The van der Waals surface area contributed by atoms with E-state index in [4.69, 9.17) is 42.6 Å². The SMILES string of the molecule is C=CC(=O)OCCCCOc1ccc(C(=O)Oc2ccc(-c3ccc(CCC)cc3)c(/C=N/Nc3nc4ccccc4s3)c2)cc1.C=CC(=O)OCCCCOc1ccc(C(=O)Oc2ccc(-c3ccc(CCC)cc3)cc2/C=N/Nc2nc3ccccc3s2)cc1.C=CC(=O)OCCCOc1ccc(C(=O)Oc2ccc(-c3ccc(CCC)cc3)c(/C=N/Nc3nc4ccccc4s3)c2)cc1. The molecule has 0 bridgehead atoms. The third-order valence-electron chi connectivity index (χ3n) is 20.8. The second-order valence-corrected chi connectivity index (χ2v) is 33.9. The van der Waals surface area contributed by atoms with Gasteiger partial charge in [-0.1, -0.05) is 221 Å². The fourth-order valence-electron chi connectivity index (χ4n) is 13.8. The summed E-state index contributed by atoms with van der Waals surface area (Å²) in [7, 11) is 0. The number of para-hydroxylation sites is 3. The van der Waals surface area contributed by atoms with Crippen molar-refractivity contribution >= 4 is 135 Å². The standard InChI is InChI=1S/2C37H35N3O5S.C36H33N3O5S/c1-3-9-26-12-14-27(15-13-26)29-18-21-33(30(24-29)25-38-40-37-39-32-10-5-6-11-34(32)46-37)45-36(42)28-16-19-31(20-17-28)43-22-7-8-23-44-35(41)4-2;1-3-9-26-12-14-27(15-13-26)32-21-20-31(24-29(32)25-38-40-37-39-33-10-5-6-11-34(33)46-37)45-36(42)28-16-18-30(19-17-28)43-22-7-8-23-44-35(41)4-2;1-3-8-25-11-13-26(14-12-25)31-20-19-30(23-28(31)24-37-39-36-38-32-9-5-6-10-33(32)45-36)44-35(41)27-15-17-29(18-16-27)42-21-7-22-43-34(40)4-2/h2*4-6,10-21,24-25H,2-3,7-9,22-23H2,1H3,(H,39,40);4-6,9-20,23-24H,2-3,7-8,21-22H2,1H3,(H,38,39)/b2*38-25+;37-24+. The van der Waals surface area contributed by atoms with E-state index in [2.05, 4.69) is 160 Å². The van der Waals surface area contributed by atoms with E-state index in [0.717, 1.165) is 138 Å². The highest BCUT2D eigenvalue weighted by molar-refractivity contribution is 7.22. The van der Waals surface area contributed by atoms with Crippen molar-refractivity contribution in [2.45, 2.75) is 91.4 Å². The molecule has 15 aromatic rings. The molecule has 0 amide bonds. The zero-order chi connectivity index (χ0) is 95.7. The topological polar surface area (TPSA) is 297 Å². The average Bonchev–Trinajstić information content (AvgIpc) is 1.60. The van der Waals surface area contributed by atoms with Gasteiger partial charge in [-0.3, -0.25) is 16.3 Å². The van der Waals surface area contributed by atoms with Gasteiger partial charge in [0.05, 0.1) is 106 Å². The predicted molar refractivity (Wildman–Crippen MR) is 547 cm³/mol. The van der Waals surface area contributed by atoms with Crippen LogP contribution >= 0.6 is 34.0 Å². The summed E-state index contributed by atoms with van der Waals surface area (Å²) in [6.45, 7) is 18.7. The molecule has 3 heterocycles. The normalized spacial score (nSPS) is 11.0. The van der Waals surface area contributed by atoms with E-state index in [1.807, 2.05) is 97.1 Å². The molecule has 0 spiro atoms. The molecule has 15 rings (SSSR count). The first-order valence-electron chi connectivity index (χ1n) is 44.9. The number of aryl methyl sites for hydroxylation is 3. The maximum absolute atomic E-state index is 13.2. The maximum atomic E-state index is 13.2. The Morgan fingerprint density at radius 3 is 0.993 bits per heavy atom. The summed E-state index contributed by atoms with van der Waals surface area (Å²) in [6.07, 6.45) is 18.1. The number of unbranched alkanes of at least 4 members (excludes halogenated alkanes) is 2. The van der Waals surface area contributed by atoms with Crippen LogP contribution < -0.4 is 44.7 Å². The van der Waals surface area contributed by atoms with Crippen molar-refractivity contribution in [2.75, 3.05) is 55.9 Å². The van der Waals surface area contributed by atoms with Crippen LogP contribution in [0.2, 0.25) is 0 Å². The van der Waals surface area contributed by atoms with Crippen LogP contribution in [-0.4, -0.2) is 109 Å². The molecule has 0 aliphatic heterocycles. The number of fused-ring (bicyclic) bond motifs is 3. The predicted octanol–water partition coefficient (Wildman–Crippen LogP) is 25.0. The fourth-order valence-corrected chi connectivity index (χ4v) is 16.3. The number of nitrogens with one attached hydrogen (secondary N) is 3. The number of aromatic nitrogens is 3. The highest BCUT2D eigenvalue weighted by atomic mass is 32.1. The number of carbonyl (C=O) groups excluding carboxylic acids is 6. The van der Waals surface area contributed by atoms with Crippen LogP contribution in [0.4, 0.5) is 15.4 Å². The molecule has 0 saturated carbocycles. The van der Waals surface area contributed by atoms with Crippen molar-refractivity contribution in [3.63, 3.8) is 0 Å². The lowest BCUT2D eigenvalue weighted by atomic mass is 9.98. The van der Waals surface area contributed by atoms with Crippen LogP contribution in [0.15, 0.2) is 326 Å². The van der Waals surface area contributed by atoms with Gasteiger partial charge in [0.1, 0.15) is 34.5 Å². The molecule has 0 radical (unpaired) electrons. The number of hydrogen-bond acceptors (Lipinski definition) is 27. The summed E-state index contributed by atoms with van der Waals surface area (Å²) in [5.74, 6) is 0.213. The zero-order valence-corrected chi connectivity index (χ0v) is 78.6. The van der Waals surface area contributed by atoms with Crippen LogP contribution in [-0.2, 0) is 47.9 Å². The van der Waals surface area contributed by atoms with Gasteiger partial charge in [0.15, 0.2) is 0 Å². The molecule has 0 unspecified atom stereocenters. The van der Waals surface area contributed by atoms with Crippen molar-refractivity contribution in [1.29, 1.82) is 0 Å². The van der Waals surface area contributed by atoms with Crippen LogP contribution in [0.25, 0.3) is 64.0 Å². The van der Waals surface area contributed by atoms with Crippen molar-refractivity contribution in [1.82, 2.24) is 15.0 Å². The Bertz CT molecular complexity index is 6600. The first kappa shape index (κ1) is 98.7. The summed E-state index contributed by atoms with van der Waals surface area (Å²) >= 11 is 4.56. The number of rotatable bonds is 44. The largest absolute Gasteiger partial charge is 0.494 e. The van der Waals surface area contributed by atoms with E-state index in [0.29, 0.717) is 131 Å². The van der Waals surface area contributed by atoms with E-state index in [-0.39, 0.29) is 6.61 Å². The van der Waals surface area contributed by atoms with Gasteiger partial charge in [-0.05, 0) is 241 Å². The van der Waals surface area contributed by atoms with Crippen LogP contribution in [0.1, 0.15) is 137 Å². The maximum Gasteiger partial charge on any atom is 0.343 e. The summed E-state index contributed by atoms with van der Waals surface area (Å²) in [4.78, 5) is 86.2. The lowest BCUT2D eigenvalue weighted by molar-refractivity contribution is -0.138. The van der Waals surface area contributed by atoms with Crippen molar-refractivity contribution in [3.05, 3.63) is 361 Å². The van der Waals surface area contributed by atoms with E-state index in [1.165, 1.54) is 50.7 Å². The van der Waals surface area contributed by atoms with Gasteiger partial charge in [0, 0.05) is 41.3 Å². The summed E-state index contributed by atoms with van der Waals surface area (Å²) in [5.41, 5.74) is 25.0. The summed E-state index contributed by atoms with van der Waals surface area (Å²) in [5, 5.41) is 15.4. The Morgan fingerprint density at radius 2 is 0.635 bits per heavy atom. The summed E-state index contributed by atoms with van der Waals surface area (Å²) < 4.78 is 52.6. The summed E-state index contributed by atoms with van der Waals surface area (Å²) in [6, 6.07) is 86.2. The Morgan fingerprint density at radius 1 is 0.321 bits per heavy atom. The lowest BCUT2D eigenvalue weighted by Gasteiger charge is -2.11. The number of anilines is 3. The Kier molecular flexibility index (Phi) is 37.4. The fraction of sp³-hybridized carbons (Fsp3) is 0.182. The molecule has 137 heavy (non-hydrogen) atoms. The minimum absolute atomic E-state index is 0.239. The number of esters is 6. The minimum Gasteiger partial charge on any atom is -0.494 e. The van der Waals surface area contributed by atoms with E-state index < -0.39 is 35.8 Å². The molecule has 0 saturated heterocycles. The van der Waals surface area contributed by atoms with Gasteiger partial charge in [0.25, 0.3) is 0 Å². The molecule has 0 aliphatic rings. The highest BCUT2D eigenvalue weighted by Crippen LogP contribution is 2.35. The Labute approximate surface area is 807 Å². The number of nitrogens with zero attached hydrogens (tertiary/aromatic N) is 6. The Hall–Kier alpha value is -15.8. The average molecular weight is 1890 g/mol. The molecule has 0 atom stereocenters. The first-order valence-corrected chi connectivity index (χ1v) is 47.4. The van der Waals surface area contributed by atoms with Gasteiger partial charge in [-0.15, -0.1) is 0 Å². The van der Waals surface area contributed by atoms with Crippen LogP contribution in [0.5, 0.6) is 34.5 Å². The van der Waals surface area contributed by atoms with Crippen molar-refractivity contribution < 1.29 is 71.4 Å². The van der Waals surface area contributed by atoms with E-state index in [1.54, 1.807) is 122 Å². The number of hydrazone groups is 3. The second-order valence-electron chi connectivity index (χ2n) is 30.8. The number of thiazole rings is 3. The number of carbonyl (C=O) groups is 6. The van der Waals surface area contributed by atoms with E-state index >= 15 is 0 Å². The quantitative estimate of drug-likeness (QED) is 0.00608. The first-order chi connectivity index (χ1) is 67.1. The number of hydrogen-bond donors (Lipinski definition) is 3. The van der Waals surface area contributed by atoms with E-state index in [9.17, 15) is 28.8 Å². The highest BCUT2D eigenvalue weighted by Gasteiger charge is 2.19. The monoisotopic (exact) mass is 1890 g/mol. The molecule has 12 aromatic carbocycles. The molecule has 0 fully saturated rings. The lowest BCUT2D eigenvalue weighted by Crippen LogP contribution is -2.10. The molecule has 3 aromatic heterocycles. The van der Waals surface area contributed by atoms with Gasteiger partial charge >= 0.3 is 35.8 Å². The number of ether oxygens (including phenoxy) is 9. The van der Waals surface area contributed by atoms with Gasteiger partial charge in [-0.25, -0.2) is 43.7 Å². The smallest absolute Gasteiger partial charge is 0.343 e. The molecule has 696 valence electrons. The van der Waals surface area contributed by atoms with Gasteiger partial charge in [0.2, 0.25) is 15.4 Å². The van der Waals surface area contributed by atoms with Gasteiger partial charge < -0.3 is 42.6 Å². The molecule has 0 aliphatic carbocycles.